The van der Waals surface area contributed by atoms with Crippen LogP contribution in [0.2, 0.25) is 0 Å². The lowest BCUT2D eigenvalue weighted by molar-refractivity contribution is 0.281. The Kier molecular flexibility index (Phi) is 3.85. The van der Waals surface area contributed by atoms with Gasteiger partial charge in [0.25, 0.3) is 0 Å². The number of anilines is 1. The van der Waals surface area contributed by atoms with Gasteiger partial charge in [0.2, 0.25) is 0 Å². The number of likely N-dealkylation sites (N-methyl/N-ethyl adjacent to an activating group) is 1. The Morgan fingerprint density at radius 3 is 2.64 bits per heavy atom. The van der Waals surface area contributed by atoms with E-state index < -0.39 is 0 Å². The van der Waals surface area contributed by atoms with Crippen LogP contribution >= 0.6 is 0 Å². The number of pyridine rings is 1. The summed E-state index contributed by atoms with van der Waals surface area (Å²) < 4.78 is 0. The molecule has 0 saturated carbocycles. The Morgan fingerprint density at radius 2 is 2.07 bits per heavy atom. The Morgan fingerprint density at radius 1 is 1.36 bits per heavy atom. The van der Waals surface area contributed by atoms with Crippen molar-refractivity contribution >= 4 is 5.82 Å². The zero-order chi connectivity index (χ0) is 10.6. The first-order valence-electron chi connectivity index (χ1n) is 4.57. The van der Waals surface area contributed by atoms with Gasteiger partial charge in [-0.25, -0.2) is 4.98 Å². The summed E-state index contributed by atoms with van der Waals surface area (Å²) in [6.45, 7) is 2.54. The molecule has 1 rings (SSSR count). The van der Waals surface area contributed by atoms with Crippen LogP contribution in [0.1, 0.15) is 11.3 Å². The van der Waals surface area contributed by atoms with Gasteiger partial charge in [0.15, 0.2) is 0 Å². The van der Waals surface area contributed by atoms with Crippen molar-refractivity contribution in [2.75, 3.05) is 25.1 Å². The first kappa shape index (κ1) is 10.9. The average molecular weight is 196 g/mol. The quantitative estimate of drug-likeness (QED) is 0.727. The fourth-order valence-corrected chi connectivity index (χ4v) is 1.27. The number of rotatable bonds is 4. The van der Waals surface area contributed by atoms with Gasteiger partial charge in [0.05, 0.1) is 13.2 Å². The summed E-state index contributed by atoms with van der Waals surface area (Å²) >= 11 is 0. The minimum Gasteiger partial charge on any atom is -0.395 e. The van der Waals surface area contributed by atoms with Crippen molar-refractivity contribution in [2.24, 2.45) is 0 Å². The van der Waals surface area contributed by atoms with Gasteiger partial charge in [-0.05, 0) is 24.6 Å². The lowest BCUT2D eigenvalue weighted by Gasteiger charge is -2.17. The van der Waals surface area contributed by atoms with Crippen LogP contribution in [0, 0.1) is 6.92 Å². The maximum Gasteiger partial charge on any atom is 0.128 e. The topological polar surface area (TPSA) is 56.6 Å². The van der Waals surface area contributed by atoms with E-state index in [1.165, 1.54) is 0 Å². The first-order chi connectivity index (χ1) is 6.67. The molecule has 0 spiro atoms. The molecular formula is C10H16N2O2. The van der Waals surface area contributed by atoms with Gasteiger partial charge >= 0.3 is 0 Å². The molecule has 4 nitrogen and oxygen atoms in total. The smallest absolute Gasteiger partial charge is 0.128 e. The summed E-state index contributed by atoms with van der Waals surface area (Å²) in [4.78, 5) is 6.16. The highest BCUT2D eigenvalue weighted by atomic mass is 16.3. The molecule has 0 aliphatic rings. The molecule has 1 heterocycles. The molecule has 0 fully saturated rings. The molecule has 4 heteroatoms. The zero-order valence-electron chi connectivity index (χ0n) is 8.56. The van der Waals surface area contributed by atoms with E-state index in [9.17, 15) is 0 Å². The van der Waals surface area contributed by atoms with E-state index in [1.807, 2.05) is 31.0 Å². The number of aryl methyl sites for hydroxylation is 1. The molecule has 0 saturated heterocycles. The van der Waals surface area contributed by atoms with Gasteiger partial charge in [0, 0.05) is 19.3 Å². The number of aliphatic hydroxyl groups excluding tert-OH is 2. The summed E-state index contributed by atoms with van der Waals surface area (Å²) in [5.41, 5.74) is 1.72. The maximum absolute atomic E-state index is 9.00. The standard InChI is InChI=1S/C10H16N2O2/c1-8-5-9(7-14)6-10(11-8)12(2)3-4-13/h5-6,13-14H,3-4,7H2,1-2H3. The summed E-state index contributed by atoms with van der Waals surface area (Å²) in [7, 11) is 1.86. The minimum absolute atomic E-state index is 0.0172. The number of hydrogen-bond acceptors (Lipinski definition) is 4. The lowest BCUT2D eigenvalue weighted by atomic mass is 10.2. The highest BCUT2D eigenvalue weighted by Gasteiger charge is 2.03. The fraction of sp³-hybridized carbons (Fsp3) is 0.500. The summed E-state index contributed by atoms with van der Waals surface area (Å²) in [6, 6.07) is 3.67. The zero-order valence-corrected chi connectivity index (χ0v) is 8.56. The van der Waals surface area contributed by atoms with Gasteiger partial charge in [-0.15, -0.1) is 0 Å². The molecule has 0 radical (unpaired) electrons. The second-order valence-electron chi connectivity index (χ2n) is 3.28. The van der Waals surface area contributed by atoms with Crippen molar-refractivity contribution in [2.45, 2.75) is 13.5 Å². The molecule has 1 aromatic rings. The van der Waals surface area contributed by atoms with Crippen LogP contribution in [0.4, 0.5) is 5.82 Å². The third-order valence-corrected chi connectivity index (χ3v) is 2.01. The van der Waals surface area contributed by atoms with Gasteiger partial charge in [0.1, 0.15) is 5.82 Å². The van der Waals surface area contributed by atoms with Gasteiger partial charge in [-0.3, -0.25) is 0 Å². The van der Waals surface area contributed by atoms with E-state index >= 15 is 0 Å². The molecule has 0 bridgehead atoms. The van der Waals surface area contributed by atoms with Gasteiger partial charge in [-0.2, -0.15) is 0 Å². The van der Waals surface area contributed by atoms with Crippen LogP contribution in [0.3, 0.4) is 0 Å². The molecule has 78 valence electrons. The number of aliphatic hydroxyl groups is 2. The lowest BCUT2D eigenvalue weighted by Crippen LogP contribution is -2.22. The van der Waals surface area contributed by atoms with E-state index in [2.05, 4.69) is 4.98 Å². The van der Waals surface area contributed by atoms with Crippen LogP contribution in [0.25, 0.3) is 0 Å². The molecule has 0 atom stereocenters. The van der Waals surface area contributed by atoms with Crippen molar-refractivity contribution in [3.8, 4) is 0 Å². The Balaban J connectivity index is 2.90. The summed E-state index contributed by atoms with van der Waals surface area (Å²) in [5, 5.41) is 17.8. The molecule has 2 N–H and O–H groups in total. The fourth-order valence-electron chi connectivity index (χ4n) is 1.27. The van der Waals surface area contributed by atoms with Gasteiger partial charge in [-0.1, -0.05) is 0 Å². The van der Waals surface area contributed by atoms with Crippen molar-refractivity contribution < 1.29 is 10.2 Å². The molecule has 0 aliphatic heterocycles. The Labute approximate surface area is 83.8 Å². The summed E-state index contributed by atoms with van der Waals surface area (Å²) in [5.74, 6) is 0.781. The number of nitrogens with zero attached hydrogens (tertiary/aromatic N) is 2. The SMILES string of the molecule is Cc1cc(CO)cc(N(C)CCO)n1. The second-order valence-corrected chi connectivity index (χ2v) is 3.28. The van der Waals surface area contributed by atoms with Crippen molar-refractivity contribution in [3.05, 3.63) is 23.4 Å². The largest absolute Gasteiger partial charge is 0.395 e. The highest BCUT2D eigenvalue weighted by molar-refractivity contribution is 5.41. The molecule has 1 aromatic heterocycles. The molecule has 0 aromatic carbocycles. The third-order valence-electron chi connectivity index (χ3n) is 2.01. The Bertz CT molecular complexity index is 302. The highest BCUT2D eigenvalue weighted by Crippen LogP contribution is 2.13. The van der Waals surface area contributed by atoms with Crippen LogP contribution in [0.15, 0.2) is 12.1 Å². The summed E-state index contributed by atoms with van der Waals surface area (Å²) in [6.07, 6.45) is 0. The predicted octanol–water partition coefficient (Wildman–Crippen LogP) is 0.311. The van der Waals surface area contributed by atoms with E-state index in [0.717, 1.165) is 17.1 Å². The molecule has 14 heavy (non-hydrogen) atoms. The Hall–Kier alpha value is -1.13. The second kappa shape index (κ2) is 4.93. The van der Waals surface area contributed by atoms with Gasteiger partial charge < -0.3 is 15.1 Å². The normalized spacial score (nSPS) is 10.3. The van der Waals surface area contributed by atoms with E-state index in [4.69, 9.17) is 10.2 Å². The van der Waals surface area contributed by atoms with Crippen molar-refractivity contribution in [1.29, 1.82) is 0 Å². The molecular weight excluding hydrogens is 180 g/mol. The van der Waals surface area contributed by atoms with Crippen molar-refractivity contribution in [3.63, 3.8) is 0 Å². The van der Waals surface area contributed by atoms with E-state index in [0.29, 0.717) is 6.54 Å². The van der Waals surface area contributed by atoms with Crippen LogP contribution in [0.5, 0.6) is 0 Å². The number of aromatic nitrogens is 1. The van der Waals surface area contributed by atoms with Crippen LogP contribution in [-0.2, 0) is 6.61 Å². The maximum atomic E-state index is 9.00. The van der Waals surface area contributed by atoms with E-state index in [-0.39, 0.29) is 13.2 Å². The molecule has 0 aliphatic carbocycles. The molecule has 0 amide bonds. The van der Waals surface area contributed by atoms with Crippen LogP contribution < -0.4 is 4.90 Å². The first-order valence-corrected chi connectivity index (χ1v) is 4.57. The molecule has 0 unspecified atom stereocenters. The van der Waals surface area contributed by atoms with Crippen molar-refractivity contribution in [1.82, 2.24) is 4.98 Å². The average Bonchev–Trinajstić information content (AvgIpc) is 2.17. The third kappa shape index (κ3) is 2.68. The van der Waals surface area contributed by atoms with Crippen LogP contribution in [-0.4, -0.2) is 35.4 Å². The number of hydrogen-bond donors (Lipinski definition) is 2. The minimum atomic E-state index is 0.0172. The predicted molar refractivity (Wildman–Crippen MR) is 55.3 cm³/mol. The van der Waals surface area contributed by atoms with E-state index in [1.54, 1.807) is 0 Å². The monoisotopic (exact) mass is 196 g/mol.